The number of hydrogen-bond acceptors (Lipinski definition) is 5. The maximum Gasteiger partial charge on any atom is 0.310 e. The lowest BCUT2D eigenvalue weighted by Crippen LogP contribution is -2.30. The Balaban J connectivity index is 1.83. The van der Waals surface area contributed by atoms with E-state index in [1.165, 1.54) is 19.2 Å². The van der Waals surface area contributed by atoms with E-state index in [2.05, 4.69) is 31.0 Å². The van der Waals surface area contributed by atoms with Crippen molar-refractivity contribution in [2.24, 2.45) is 0 Å². The number of hydrogen-bond donors (Lipinski definition) is 1. The third-order valence-electron chi connectivity index (χ3n) is 4.38. The molecule has 29 heavy (non-hydrogen) atoms. The monoisotopic (exact) mass is 402 g/mol. The molecule has 0 unspecified atom stereocenters. The highest BCUT2D eigenvalue weighted by molar-refractivity contribution is 5.93. The van der Waals surface area contributed by atoms with Gasteiger partial charge in [-0.3, -0.25) is 9.59 Å². The van der Waals surface area contributed by atoms with E-state index in [0.29, 0.717) is 17.3 Å². The van der Waals surface area contributed by atoms with Gasteiger partial charge in [-0.15, -0.1) is 0 Å². The Morgan fingerprint density at radius 2 is 1.83 bits per heavy atom. The smallest absolute Gasteiger partial charge is 0.310 e. The largest absolute Gasteiger partial charge is 0.494 e. The topological polar surface area (TPSA) is 67.9 Å². The summed E-state index contributed by atoms with van der Waals surface area (Å²) in [7, 11) is 1.36. The van der Waals surface area contributed by atoms with Crippen molar-refractivity contribution in [3.8, 4) is 5.75 Å². The third kappa shape index (κ3) is 6.48. The minimum atomic E-state index is -0.615. The number of nitrogens with one attached hydrogen (secondary N) is 1. The van der Waals surface area contributed by atoms with Crippen LogP contribution >= 0.6 is 0 Å². The van der Waals surface area contributed by atoms with E-state index in [1.54, 1.807) is 18.2 Å². The van der Waals surface area contributed by atoms with E-state index >= 15 is 0 Å². The maximum absolute atomic E-state index is 13.7. The maximum atomic E-state index is 13.7. The minimum Gasteiger partial charge on any atom is -0.494 e. The van der Waals surface area contributed by atoms with Crippen LogP contribution in [-0.2, 0) is 20.7 Å². The van der Waals surface area contributed by atoms with Gasteiger partial charge in [-0.25, -0.2) is 4.39 Å². The van der Waals surface area contributed by atoms with E-state index in [-0.39, 0.29) is 12.2 Å². The number of methoxy groups -OCH3 is 1. The Labute approximate surface area is 170 Å². The van der Waals surface area contributed by atoms with Gasteiger partial charge in [0.2, 0.25) is 0 Å². The molecule has 2 aromatic rings. The normalized spacial score (nSPS) is 10.6. The van der Waals surface area contributed by atoms with Gasteiger partial charge in [-0.05, 0) is 62.7 Å². The summed E-state index contributed by atoms with van der Waals surface area (Å²) in [6.45, 7) is 6.80. The second kappa shape index (κ2) is 10.5. The summed E-state index contributed by atoms with van der Waals surface area (Å²) in [6, 6.07) is 12.1. The zero-order chi connectivity index (χ0) is 21.4. The molecule has 0 fully saturated rings. The van der Waals surface area contributed by atoms with Crippen LogP contribution in [0.25, 0.3) is 0 Å². The summed E-state index contributed by atoms with van der Waals surface area (Å²) in [6.07, 6.45) is -0.134. The predicted molar refractivity (Wildman–Crippen MR) is 111 cm³/mol. The van der Waals surface area contributed by atoms with Crippen molar-refractivity contribution < 1.29 is 23.5 Å². The van der Waals surface area contributed by atoms with Gasteiger partial charge < -0.3 is 19.7 Å². The van der Waals surface area contributed by atoms with Gasteiger partial charge in [0, 0.05) is 24.0 Å². The lowest BCUT2D eigenvalue weighted by atomic mass is 10.1. The molecular formula is C22H27FN2O4. The first-order chi connectivity index (χ1) is 13.8. The zero-order valence-corrected chi connectivity index (χ0v) is 17.2. The highest BCUT2D eigenvalue weighted by Gasteiger charge is 2.12. The van der Waals surface area contributed by atoms with Gasteiger partial charge in [0.1, 0.15) is 0 Å². The molecule has 6 nitrogen and oxygen atoms in total. The Morgan fingerprint density at radius 1 is 1.14 bits per heavy atom. The van der Waals surface area contributed by atoms with Crippen molar-refractivity contribution in [2.45, 2.75) is 33.2 Å². The molecule has 0 saturated carbocycles. The minimum absolute atomic E-state index is 0.1000. The molecular weight excluding hydrogens is 375 g/mol. The van der Waals surface area contributed by atoms with Crippen molar-refractivity contribution in [2.75, 3.05) is 30.5 Å². The molecule has 0 spiro atoms. The number of esters is 1. The average molecular weight is 402 g/mol. The summed E-state index contributed by atoms with van der Waals surface area (Å²) in [5.41, 5.74) is 2.13. The van der Waals surface area contributed by atoms with Crippen LogP contribution in [0.5, 0.6) is 5.75 Å². The first kappa shape index (κ1) is 22.2. The number of anilines is 2. The lowest BCUT2D eigenvalue weighted by molar-refractivity contribution is -0.146. The Kier molecular flexibility index (Phi) is 8.00. The van der Waals surface area contributed by atoms with Crippen molar-refractivity contribution in [3.05, 3.63) is 53.8 Å². The van der Waals surface area contributed by atoms with Crippen molar-refractivity contribution in [1.82, 2.24) is 0 Å². The van der Waals surface area contributed by atoms with Gasteiger partial charge in [-0.2, -0.15) is 0 Å². The highest BCUT2D eigenvalue weighted by atomic mass is 19.1. The second-order valence-electron chi connectivity index (χ2n) is 6.78. The van der Waals surface area contributed by atoms with Crippen LogP contribution in [-0.4, -0.2) is 38.2 Å². The number of amides is 1. The fraction of sp³-hybridized carbons (Fsp3) is 0.364. The van der Waals surface area contributed by atoms with Crippen LogP contribution in [0.3, 0.4) is 0 Å². The molecule has 2 rings (SSSR count). The molecule has 0 saturated heterocycles. The number of nitrogens with zero attached hydrogens (tertiary/aromatic N) is 1. The molecule has 2 aromatic carbocycles. The number of benzene rings is 2. The second-order valence-corrected chi connectivity index (χ2v) is 6.78. The van der Waals surface area contributed by atoms with Crippen LogP contribution in [0.2, 0.25) is 0 Å². The fourth-order valence-electron chi connectivity index (χ4n) is 2.96. The standard InChI is InChI=1S/C22H27FN2O4/c1-5-25(15(2)3)18-9-7-17(8-10-18)24-21(26)14-29-22(27)13-16-6-11-20(28-4)19(23)12-16/h6-12,15H,5,13-14H2,1-4H3,(H,24,26). The SMILES string of the molecule is CCN(c1ccc(NC(=O)COC(=O)Cc2ccc(OC)c(F)c2)cc1)C(C)C. The van der Waals surface area contributed by atoms with Gasteiger partial charge in [-0.1, -0.05) is 6.07 Å². The first-order valence-corrected chi connectivity index (χ1v) is 9.48. The molecule has 0 aliphatic heterocycles. The van der Waals surface area contributed by atoms with Crippen molar-refractivity contribution >= 4 is 23.3 Å². The number of halogens is 1. The van der Waals surface area contributed by atoms with Crippen LogP contribution in [0, 0.1) is 5.82 Å². The molecule has 0 aliphatic carbocycles. The van der Waals surface area contributed by atoms with E-state index in [9.17, 15) is 14.0 Å². The summed E-state index contributed by atoms with van der Waals surface area (Å²) < 4.78 is 23.5. The fourth-order valence-corrected chi connectivity index (χ4v) is 2.96. The van der Waals surface area contributed by atoms with E-state index in [0.717, 1.165) is 12.2 Å². The van der Waals surface area contributed by atoms with Gasteiger partial charge in [0.15, 0.2) is 18.2 Å². The molecule has 0 aromatic heterocycles. The first-order valence-electron chi connectivity index (χ1n) is 9.48. The quantitative estimate of drug-likeness (QED) is 0.647. The molecule has 156 valence electrons. The Hall–Kier alpha value is -3.09. The van der Waals surface area contributed by atoms with Gasteiger partial charge in [0.25, 0.3) is 5.91 Å². The molecule has 0 aliphatic rings. The highest BCUT2D eigenvalue weighted by Crippen LogP contribution is 2.20. The van der Waals surface area contributed by atoms with Crippen LogP contribution < -0.4 is 15.0 Å². The van der Waals surface area contributed by atoms with E-state index in [1.807, 2.05) is 12.1 Å². The summed E-state index contributed by atoms with van der Waals surface area (Å²) in [5.74, 6) is -1.51. The predicted octanol–water partition coefficient (Wildman–Crippen LogP) is 3.79. The van der Waals surface area contributed by atoms with Gasteiger partial charge >= 0.3 is 5.97 Å². The van der Waals surface area contributed by atoms with E-state index < -0.39 is 24.3 Å². The summed E-state index contributed by atoms with van der Waals surface area (Å²) in [5, 5.41) is 2.69. The van der Waals surface area contributed by atoms with Crippen LogP contribution in [0.1, 0.15) is 26.3 Å². The van der Waals surface area contributed by atoms with Crippen LogP contribution in [0.15, 0.2) is 42.5 Å². The Morgan fingerprint density at radius 3 is 2.38 bits per heavy atom. The molecule has 7 heteroatoms. The Bertz CT molecular complexity index is 837. The number of carbonyl (C=O) groups excluding carboxylic acids is 2. The van der Waals surface area contributed by atoms with Crippen molar-refractivity contribution in [3.63, 3.8) is 0 Å². The summed E-state index contributed by atoms with van der Waals surface area (Å²) >= 11 is 0. The average Bonchev–Trinajstić information content (AvgIpc) is 2.68. The molecule has 1 amide bonds. The van der Waals surface area contributed by atoms with Gasteiger partial charge in [0.05, 0.1) is 13.5 Å². The van der Waals surface area contributed by atoms with Crippen LogP contribution in [0.4, 0.5) is 15.8 Å². The summed E-state index contributed by atoms with van der Waals surface area (Å²) in [4.78, 5) is 26.1. The molecule has 1 N–H and O–H groups in total. The third-order valence-corrected chi connectivity index (χ3v) is 4.38. The lowest BCUT2D eigenvalue weighted by Gasteiger charge is -2.27. The molecule has 0 radical (unpaired) electrons. The molecule has 0 bridgehead atoms. The molecule has 0 heterocycles. The zero-order valence-electron chi connectivity index (χ0n) is 17.2. The number of carbonyl (C=O) groups is 2. The number of rotatable bonds is 9. The van der Waals surface area contributed by atoms with Crippen molar-refractivity contribution in [1.29, 1.82) is 0 Å². The molecule has 0 atom stereocenters. The van der Waals surface area contributed by atoms with E-state index in [4.69, 9.17) is 9.47 Å². The number of ether oxygens (including phenoxy) is 2.